The van der Waals surface area contributed by atoms with E-state index in [0.717, 1.165) is 11.8 Å². The summed E-state index contributed by atoms with van der Waals surface area (Å²) in [5.74, 6) is -0.771. The maximum atomic E-state index is 13.0. The monoisotopic (exact) mass is 318 g/mol. The van der Waals surface area contributed by atoms with Crippen LogP contribution < -0.4 is 0 Å². The molecule has 0 saturated heterocycles. The molecule has 3 aromatic rings. The van der Waals surface area contributed by atoms with Gasteiger partial charge in [-0.05, 0) is 43.3 Å². The van der Waals surface area contributed by atoms with Gasteiger partial charge in [-0.15, -0.1) is 10.2 Å². The zero-order valence-corrected chi connectivity index (χ0v) is 12.3. The third-order valence-corrected chi connectivity index (χ3v) is 4.00. The molecule has 0 amide bonds. The topological polar surface area (TPSA) is 80.4 Å². The van der Waals surface area contributed by atoms with E-state index in [0.29, 0.717) is 22.1 Å². The van der Waals surface area contributed by atoms with Gasteiger partial charge in [0.2, 0.25) is 0 Å². The van der Waals surface area contributed by atoms with Crippen molar-refractivity contribution in [3.05, 3.63) is 42.2 Å². The SMILES string of the molecule is C[C@@H](Sc1ccc2nnc(-c3ccc(F)cc3)n2n1)C(=O)O. The molecule has 112 valence electrons. The molecule has 0 spiro atoms. The van der Waals surface area contributed by atoms with Crippen molar-refractivity contribution in [1.29, 1.82) is 0 Å². The summed E-state index contributed by atoms with van der Waals surface area (Å²) in [7, 11) is 0. The number of hydrogen-bond acceptors (Lipinski definition) is 5. The van der Waals surface area contributed by atoms with E-state index in [9.17, 15) is 9.18 Å². The fourth-order valence-electron chi connectivity index (χ4n) is 1.85. The van der Waals surface area contributed by atoms with Gasteiger partial charge >= 0.3 is 5.97 Å². The Morgan fingerprint density at radius 2 is 1.95 bits per heavy atom. The fourth-order valence-corrected chi connectivity index (χ4v) is 2.58. The lowest BCUT2D eigenvalue weighted by Crippen LogP contribution is -2.11. The molecule has 1 atom stereocenters. The summed E-state index contributed by atoms with van der Waals surface area (Å²) in [4.78, 5) is 10.9. The van der Waals surface area contributed by atoms with Crippen LogP contribution in [-0.2, 0) is 4.79 Å². The van der Waals surface area contributed by atoms with Crippen LogP contribution in [-0.4, -0.2) is 36.1 Å². The number of thioether (sulfide) groups is 1. The van der Waals surface area contributed by atoms with Gasteiger partial charge in [0, 0.05) is 5.56 Å². The number of carboxylic acid groups (broad SMARTS) is 1. The van der Waals surface area contributed by atoms with Crippen LogP contribution in [0.1, 0.15) is 6.92 Å². The summed E-state index contributed by atoms with van der Waals surface area (Å²) < 4.78 is 14.5. The number of halogens is 1. The molecule has 0 unspecified atom stereocenters. The van der Waals surface area contributed by atoms with Gasteiger partial charge in [0.15, 0.2) is 11.5 Å². The van der Waals surface area contributed by atoms with E-state index in [2.05, 4.69) is 15.3 Å². The average Bonchev–Trinajstić information content (AvgIpc) is 2.91. The molecule has 8 heteroatoms. The van der Waals surface area contributed by atoms with Crippen molar-refractivity contribution in [2.45, 2.75) is 17.2 Å². The fraction of sp³-hybridized carbons (Fsp3) is 0.143. The predicted octanol–water partition coefficient (Wildman–Crippen LogP) is 2.50. The summed E-state index contributed by atoms with van der Waals surface area (Å²) in [5, 5.41) is 21.3. The Hall–Kier alpha value is -2.48. The largest absolute Gasteiger partial charge is 0.480 e. The van der Waals surface area contributed by atoms with Gasteiger partial charge in [-0.2, -0.15) is 9.61 Å². The van der Waals surface area contributed by atoms with Gasteiger partial charge in [-0.3, -0.25) is 4.79 Å². The van der Waals surface area contributed by atoms with E-state index >= 15 is 0 Å². The Balaban J connectivity index is 2.01. The van der Waals surface area contributed by atoms with E-state index in [-0.39, 0.29) is 5.82 Å². The lowest BCUT2D eigenvalue weighted by Gasteiger charge is -2.06. The molecular formula is C14H11FN4O2S. The third kappa shape index (κ3) is 2.77. The summed E-state index contributed by atoms with van der Waals surface area (Å²) in [6.45, 7) is 1.59. The molecule has 1 N–H and O–H groups in total. The summed E-state index contributed by atoms with van der Waals surface area (Å²) in [6, 6.07) is 9.26. The summed E-state index contributed by atoms with van der Waals surface area (Å²) in [5.41, 5.74) is 1.21. The van der Waals surface area contributed by atoms with Crippen LogP contribution >= 0.6 is 11.8 Å². The van der Waals surface area contributed by atoms with Crippen LogP contribution in [0.2, 0.25) is 0 Å². The first-order chi connectivity index (χ1) is 10.5. The Morgan fingerprint density at radius 3 is 2.64 bits per heavy atom. The van der Waals surface area contributed by atoms with E-state index < -0.39 is 11.2 Å². The van der Waals surface area contributed by atoms with Crippen LogP contribution in [0.5, 0.6) is 0 Å². The molecule has 1 aromatic carbocycles. The zero-order valence-electron chi connectivity index (χ0n) is 11.5. The molecule has 6 nitrogen and oxygen atoms in total. The van der Waals surface area contributed by atoms with Crippen molar-refractivity contribution >= 4 is 23.4 Å². The number of carboxylic acids is 1. The summed E-state index contributed by atoms with van der Waals surface area (Å²) in [6.07, 6.45) is 0. The average molecular weight is 318 g/mol. The molecule has 0 aliphatic heterocycles. The summed E-state index contributed by atoms with van der Waals surface area (Å²) >= 11 is 1.13. The van der Waals surface area contributed by atoms with Gasteiger partial charge in [0.05, 0.1) is 0 Å². The van der Waals surface area contributed by atoms with E-state index in [1.807, 2.05) is 0 Å². The first kappa shape index (κ1) is 14.5. The number of nitrogens with zero attached hydrogens (tertiary/aromatic N) is 4. The van der Waals surface area contributed by atoms with Gasteiger partial charge in [-0.1, -0.05) is 11.8 Å². The van der Waals surface area contributed by atoms with Crippen LogP contribution in [0.25, 0.3) is 17.0 Å². The lowest BCUT2D eigenvalue weighted by molar-refractivity contribution is -0.136. The molecule has 3 rings (SSSR count). The van der Waals surface area contributed by atoms with E-state index in [1.165, 1.54) is 16.6 Å². The standard InChI is InChI=1S/C14H11FN4O2S/c1-8(14(20)21)22-12-7-6-11-16-17-13(19(11)18-12)9-2-4-10(15)5-3-9/h2-8H,1H3,(H,20,21)/t8-/m1/s1. The first-order valence-corrected chi connectivity index (χ1v) is 7.30. The second-order valence-corrected chi connectivity index (χ2v) is 5.93. The Labute approximate surface area is 129 Å². The second kappa shape index (κ2) is 5.72. The number of benzene rings is 1. The van der Waals surface area contributed by atoms with E-state index in [4.69, 9.17) is 5.11 Å². The van der Waals surface area contributed by atoms with Crippen LogP contribution in [0, 0.1) is 5.82 Å². The van der Waals surface area contributed by atoms with Crippen molar-refractivity contribution in [3.8, 4) is 11.4 Å². The van der Waals surface area contributed by atoms with Crippen LogP contribution in [0.4, 0.5) is 4.39 Å². The van der Waals surface area contributed by atoms with Crippen LogP contribution in [0.15, 0.2) is 41.4 Å². The number of rotatable bonds is 4. The maximum Gasteiger partial charge on any atom is 0.316 e. The molecule has 0 bridgehead atoms. The molecule has 0 aliphatic rings. The number of carbonyl (C=O) groups is 1. The first-order valence-electron chi connectivity index (χ1n) is 6.42. The molecule has 0 aliphatic carbocycles. The van der Waals surface area contributed by atoms with Gasteiger partial charge < -0.3 is 5.11 Å². The minimum atomic E-state index is -0.908. The highest BCUT2D eigenvalue weighted by molar-refractivity contribution is 8.00. The molecule has 2 heterocycles. The Morgan fingerprint density at radius 1 is 1.23 bits per heavy atom. The van der Waals surface area contributed by atoms with Gasteiger partial charge in [-0.25, -0.2) is 4.39 Å². The third-order valence-electron chi connectivity index (χ3n) is 2.99. The number of hydrogen-bond donors (Lipinski definition) is 1. The van der Waals surface area contributed by atoms with Crippen molar-refractivity contribution < 1.29 is 14.3 Å². The van der Waals surface area contributed by atoms with E-state index in [1.54, 1.807) is 31.2 Å². The van der Waals surface area contributed by atoms with Crippen molar-refractivity contribution in [2.75, 3.05) is 0 Å². The molecular weight excluding hydrogens is 307 g/mol. The highest BCUT2D eigenvalue weighted by atomic mass is 32.2. The predicted molar refractivity (Wildman–Crippen MR) is 79.1 cm³/mol. The lowest BCUT2D eigenvalue weighted by atomic mass is 10.2. The number of aliphatic carboxylic acids is 1. The maximum absolute atomic E-state index is 13.0. The van der Waals surface area contributed by atoms with Gasteiger partial charge in [0.25, 0.3) is 0 Å². The minimum Gasteiger partial charge on any atom is -0.480 e. The van der Waals surface area contributed by atoms with Gasteiger partial charge in [0.1, 0.15) is 16.1 Å². The van der Waals surface area contributed by atoms with Crippen molar-refractivity contribution in [3.63, 3.8) is 0 Å². The minimum absolute atomic E-state index is 0.336. The van der Waals surface area contributed by atoms with Crippen molar-refractivity contribution in [1.82, 2.24) is 19.8 Å². The highest BCUT2D eigenvalue weighted by Crippen LogP contribution is 2.23. The molecule has 0 radical (unpaired) electrons. The molecule has 0 fully saturated rings. The molecule has 22 heavy (non-hydrogen) atoms. The quantitative estimate of drug-likeness (QED) is 0.744. The molecule has 2 aromatic heterocycles. The Kier molecular flexibility index (Phi) is 3.76. The normalized spacial score (nSPS) is 12.5. The Bertz CT molecular complexity index is 834. The highest BCUT2D eigenvalue weighted by Gasteiger charge is 2.15. The molecule has 0 saturated carbocycles. The number of fused-ring (bicyclic) bond motifs is 1. The second-order valence-electron chi connectivity index (χ2n) is 4.57. The van der Waals surface area contributed by atoms with Crippen molar-refractivity contribution in [2.24, 2.45) is 0 Å². The van der Waals surface area contributed by atoms with Crippen LogP contribution in [0.3, 0.4) is 0 Å². The zero-order chi connectivity index (χ0) is 15.7. The smallest absolute Gasteiger partial charge is 0.316 e. The number of aromatic nitrogens is 4.